The highest BCUT2D eigenvalue weighted by molar-refractivity contribution is 5.37. The van der Waals surface area contributed by atoms with E-state index in [9.17, 15) is 5.11 Å². The van der Waals surface area contributed by atoms with Crippen LogP contribution in [0.1, 0.15) is 18.9 Å². The van der Waals surface area contributed by atoms with Gasteiger partial charge in [0.1, 0.15) is 5.76 Å². The lowest BCUT2D eigenvalue weighted by Crippen LogP contribution is -1.94. The van der Waals surface area contributed by atoms with Crippen LogP contribution in [0.25, 0.3) is 0 Å². The van der Waals surface area contributed by atoms with Crippen LogP contribution in [0.2, 0.25) is 0 Å². The summed E-state index contributed by atoms with van der Waals surface area (Å²) in [4.78, 5) is 0. The molecule has 1 aromatic carbocycles. The highest BCUT2D eigenvalue weighted by Gasteiger charge is 2.04. The van der Waals surface area contributed by atoms with Crippen molar-refractivity contribution >= 4 is 0 Å². The van der Waals surface area contributed by atoms with Crippen molar-refractivity contribution in [3.05, 3.63) is 71.0 Å². The Kier molecular flexibility index (Phi) is 3.25. The summed E-state index contributed by atoms with van der Waals surface area (Å²) < 4.78 is 0. The van der Waals surface area contributed by atoms with Gasteiger partial charge in [-0.25, -0.2) is 0 Å². The summed E-state index contributed by atoms with van der Waals surface area (Å²) in [7, 11) is 0. The normalized spacial score (nSPS) is 18.2. The SMILES string of the molecule is CC(Cc1ccccc1)=C1C=CC(O)=CC1. The van der Waals surface area contributed by atoms with Gasteiger partial charge in [-0.3, -0.25) is 0 Å². The smallest absolute Gasteiger partial charge is 0.111 e. The van der Waals surface area contributed by atoms with Gasteiger partial charge in [0.2, 0.25) is 0 Å². The summed E-state index contributed by atoms with van der Waals surface area (Å²) in [5, 5.41) is 9.25. The Bertz CT molecular complexity index is 450. The third-order valence-electron chi connectivity index (χ3n) is 2.85. The van der Waals surface area contributed by atoms with Crippen LogP contribution >= 0.6 is 0 Å². The maximum Gasteiger partial charge on any atom is 0.111 e. The molecule has 0 unspecified atom stereocenters. The van der Waals surface area contributed by atoms with E-state index >= 15 is 0 Å². The van der Waals surface area contributed by atoms with Gasteiger partial charge in [-0.05, 0) is 43.1 Å². The lowest BCUT2D eigenvalue weighted by molar-refractivity contribution is 0.429. The number of benzene rings is 1. The molecular formula is C15H16O. The number of allylic oxidation sites excluding steroid dienone is 5. The number of aliphatic hydroxyl groups is 1. The Labute approximate surface area is 96.4 Å². The Balaban J connectivity index is 2.12. The minimum Gasteiger partial charge on any atom is -0.508 e. The molecule has 0 saturated heterocycles. The molecule has 1 N–H and O–H groups in total. The molecule has 1 aliphatic rings. The fourth-order valence-electron chi connectivity index (χ4n) is 1.87. The second kappa shape index (κ2) is 4.84. The summed E-state index contributed by atoms with van der Waals surface area (Å²) in [5.74, 6) is 0.372. The van der Waals surface area contributed by atoms with Crippen LogP contribution in [-0.4, -0.2) is 5.11 Å². The van der Waals surface area contributed by atoms with Gasteiger partial charge in [0.25, 0.3) is 0 Å². The van der Waals surface area contributed by atoms with Crippen LogP contribution in [0.3, 0.4) is 0 Å². The van der Waals surface area contributed by atoms with E-state index in [2.05, 4.69) is 31.2 Å². The summed E-state index contributed by atoms with van der Waals surface area (Å²) in [6.45, 7) is 2.16. The largest absolute Gasteiger partial charge is 0.508 e. The van der Waals surface area contributed by atoms with Gasteiger partial charge in [-0.15, -0.1) is 0 Å². The van der Waals surface area contributed by atoms with Gasteiger partial charge < -0.3 is 5.11 Å². The quantitative estimate of drug-likeness (QED) is 0.787. The zero-order valence-corrected chi connectivity index (χ0v) is 9.48. The molecule has 0 amide bonds. The average Bonchev–Trinajstić information content (AvgIpc) is 2.31. The standard InChI is InChI=1S/C15H16O/c1-12(11-13-5-3-2-4-6-13)14-7-9-15(16)10-8-14/h2-7,9-10,16H,8,11H2,1H3. The first-order valence-electron chi connectivity index (χ1n) is 5.55. The van der Waals surface area contributed by atoms with E-state index in [0.29, 0.717) is 5.76 Å². The van der Waals surface area contributed by atoms with E-state index < -0.39 is 0 Å². The van der Waals surface area contributed by atoms with E-state index in [1.807, 2.05) is 18.2 Å². The number of hydrogen-bond donors (Lipinski definition) is 1. The van der Waals surface area contributed by atoms with Crippen molar-refractivity contribution in [1.82, 2.24) is 0 Å². The number of aliphatic hydroxyl groups excluding tert-OH is 1. The molecule has 0 saturated carbocycles. The molecule has 0 aromatic heterocycles. The highest BCUT2D eigenvalue weighted by atomic mass is 16.3. The third-order valence-corrected chi connectivity index (χ3v) is 2.85. The summed E-state index contributed by atoms with van der Waals surface area (Å²) in [6.07, 6.45) is 7.43. The molecule has 0 bridgehead atoms. The molecule has 16 heavy (non-hydrogen) atoms. The molecule has 0 spiro atoms. The summed E-state index contributed by atoms with van der Waals surface area (Å²) in [5.41, 5.74) is 4.01. The first-order valence-corrected chi connectivity index (χ1v) is 5.55. The predicted molar refractivity (Wildman–Crippen MR) is 67.3 cm³/mol. The Morgan fingerprint density at radius 2 is 1.94 bits per heavy atom. The minimum atomic E-state index is 0.372. The second-order valence-electron chi connectivity index (χ2n) is 4.13. The van der Waals surface area contributed by atoms with Crippen LogP contribution in [-0.2, 0) is 6.42 Å². The van der Waals surface area contributed by atoms with Crippen molar-refractivity contribution in [3.8, 4) is 0 Å². The van der Waals surface area contributed by atoms with Crippen LogP contribution in [0.4, 0.5) is 0 Å². The molecule has 0 atom stereocenters. The zero-order valence-electron chi connectivity index (χ0n) is 9.48. The molecule has 82 valence electrons. The molecule has 0 radical (unpaired) electrons. The first kappa shape index (κ1) is 10.7. The molecule has 2 rings (SSSR count). The lowest BCUT2D eigenvalue weighted by atomic mass is 9.97. The van der Waals surface area contributed by atoms with Crippen molar-refractivity contribution in [2.24, 2.45) is 0 Å². The van der Waals surface area contributed by atoms with Gasteiger partial charge in [-0.2, -0.15) is 0 Å². The minimum absolute atomic E-state index is 0.372. The topological polar surface area (TPSA) is 20.2 Å². The van der Waals surface area contributed by atoms with Crippen LogP contribution in [0.5, 0.6) is 0 Å². The molecule has 1 nitrogen and oxygen atoms in total. The molecule has 0 heterocycles. The molecular weight excluding hydrogens is 196 g/mol. The van der Waals surface area contributed by atoms with E-state index in [1.54, 1.807) is 6.08 Å². The Hall–Kier alpha value is -1.76. The van der Waals surface area contributed by atoms with Gasteiger partial charge >= 0.3 is 0 Å². The van der Waals surface area contributed by atoms with E-state index in [1.165, 1.54) is 16.7 Å². The molecule has 0 aliphatic heterocycles. The fourth-order valence-corrected chi connectivity index (χ4v) is 1.87. The second-order valence-corrected chi connectivity index (χ2v) is 4.13. The molecule has 1 aliphatic carbocycles. The van der Waals surface area contributed by atoms with E-state index in [-0.39, 0.29) is 0 Å². The average molecular weight is 212 g/mol. The van der Waals surface area contributed by atoms with E-state index in [0.717, 1.165) is 12.8 Å². The van der Waals surface area contributed by atoms with Crippen LogP contribution in [0.15, 0.2) is 65.5 Å². The van der Waals surface area contributed by atoms with Crippen molar-refractivity contribution in [1.29, 1.82) is 0 Å². The monoisotopic (exact) mass is 212 g/mol. The van der Waals surface area contributed by atoms with Crippen molar-refractivity contribution in [3.63, 3.8) is 0 Å². The van der Waals surface area contributed by atoms with Crippen LogP contribution in [0, 0.1) is 0 Å². The molecule has 1 heteroatoms. The fraction of sp³-hybridized carbons (Fsp3) is 0.200. The van der Waals surface area contributed by atoms with Gasteiger partial charge in [0.15, 0.2) is 0 Å². The van der Waals surface area contributed by atoms with Crippen molar-refractivity contribution < 1.29 is 5.11 Å². The highest BCUT2D eigenvalue weighted by Crippen LogP contribution is 2.20. The number of hydrogen-bond acceptors (Lipinski definition) is 1. The van der Waals surface area contributed by atoms with Gasteiger partial charge in [0, 0.05) is 0 Å². The van der Waals surface area contributed by atoms with Crippen LogP contribution < -0.4 is 0 Å². The summed E-state index contributed by atoms with van der Waals surface area (Å²) in [6, 6.07) is 10.5. The lowest BCUT2D eigenvalue weighted by Gasteiger charge is -2.10. The first-order chi connectivity index (χ1) is 7.75. The van der Waals surface area contributed by atoms with Gasteiger partial charge in [0.05, 0.1) is 0 Å². The third kappa shape index (κ3) is 2.63. The molecule has 1 aromatic rings. The Morgan fingerprint density at radius 3 is 2.56 bits per heavy atom. The van der Waals surface area contributed by atoms with E-state index in [4.69, 9.17) is 0 Å². The Morgan fingerprint density at radius 1 is 1.19 bits per heavy atom. The molecule has 0 fully saturated rings. The zero-order chi connectivity index (χ0) is 11.4. The number of rotatable bonds is 2. The predicted octanol–water partition coefficient (Wildman–Crippen LogP) is 3.95. The summed E-state index contributed by atoms with van der Waals surface area (Å²) >= 11 is 0. The van der Waals surface area contributed by atoms with Crippen molar-refractivity contribution in [2.75, 3.05) is 0 Å². The van der Waals surface area contributed by atoms with Gasteiger partial charge in [-0.1, -0.05) is 42.0 Å². The maximum atomic E-state index is 9.25. The van der Waals surface area contributed by atoms with Crippen molar-refractivity contribution in [2.45, 2.75) is 19.8 Å². The maximum absolute atomic E-state index is 9.25.